The van der Waals surface area contributed by atoms with E-state index in [-0.39, 0.29) is 12.6 Å². The molecule has 0 aromatic rings. The van der Waals surface area contributed by atoms with Crippen LogP contribution in [0.15, 0.2) is 0 Å². The summed E-state index contributed by atoms with van der Waals surface area (Å²) in [7, 11) is 1.36. The topological polar surface area (TPSA) is 88.0 Å². The van der Waals surface area contributed by atoms with E-state index < -0.39 is 18.3 Å². The summed E-state index contributed by atoms with van der Waals surface area (Å²) in [5.74, 6) is 0.494. The number of rotatable bonds is 6. The molecule has 3 N–H and O–H groups in total. The number of aliphatic hydroxyl groups is 2. The number of nitrogens with one attached hydrogen (secondary N) is 1. The van der Waals surface area contributed by atoms with E-state index >= 15 is 0 Å². The van der Waals surface area contributed by atoms with Crippen molar-refractivity contribution in [3.05, 3.63) is 0 Å². The highest BCUT2D eigenvalue weighted by Crippen LogP contribution is 2.14. The lowest BCUT2D eigenvalue weighted by molar-refractivity contribution is -0.140. The van der Waals surface area contributed by atoms with Crippen LogP contribution in [0.1, 0.15) is 12.8 Å². The van der Waals surface area contributed by atoms with Crippen molar-refractivity contribution in [2.75, 3.05) is 26.0 Å². The molecular weight excluding hydrogens is 290 g/mol. The van der Waals surface area contributed by atoms with Gasteiger partial charge in [0.1, 0.15) is 22.6 Å². The molecule has 1 saturated heterocycles. The predicted molar refractivity (Wildman–Crippen MR) is 76.1 cm³/mol. The highest BCUT2D eigenvalue weighted by Gasteiger charge is 2.34. The van der Waals surface area contributed by atoms with Crippen LogP contribution < -0.4 is 5.32 Å². The van der Waals surface area contributed by atoms with Crippen molar-refractivity contribution < 1.29 is 24.5 Å². The zero-order valence-corrected chi connectivity index (χ0v) is 12.3. The molecule has 3 atom stereocenters. The van der Waals surface area contributed by atoms with Crippen molar-refractivity contribution in [2.45, 2.75) is 31.2 Å². The molecule has 0 unspecified atom stereocenters. The van der Waals surface area contributed by atoms with E-state index in [1.807, 2.05) is 0 Å². The minimum Gasteiger partial charge on any atom is -0.469 e. The fourth-order valence-corrected chi connectivity index (χ4v) is 2.56. The van der Waals surface area contributed by atoms with Gasteiger partial charge >= 0.3 is 5.97 Å². The molecule has 1 heterocycles. The van der Waals surface area contributed by atoms with Gasteiger partial charge in [-0.3, -0.25) is 4.79 Å². The zero-order valence-electron chi connectivity index (χ0n) is 10.7. The first-order valence-corrected chi connectivity index (χ1v) is 7.39. The highest BCUT2D eigenvalue weighted by molar-refractivity contribution is 8.22. The fourth-order valence-electron chi connectivity index (χ4n) is 1.57. The summed E-state index contributed by atoms with van der Waals surface area (Å²) in [6, 6.07) is 0. The number of methoxy groups -OCH3 is 1. The molecule has 0 bridgehead atoms. The smallest absolute Gasteiger partial charge is 0.305 e. The maximum atomic E-state index is 10.9. The number of ether oxygens (including phenoxy) is 2. The van der Waals surface area contributed by atoms with Gasteiger partial charge in [0, 0.05) is 18.7 Å². The molecule has 0 saturated carbocycles. The summed E-state index contributed by atoms with van der Waals surface area (Å²) in [5.41, 5.74) is 0. The quantitative estimate of drug-likeness (QED) is 0.349. The van der Waals surface area contributed by atoms with Gasteiger partial charge in [-0.1, -0.05) is 24.0 Å². The minimum absolute atomic E-state index is 0.145. The number of carbonyl (C=O) groups excluding carboxylic acids is 1. The maximum Gasteiger partial charge on any atom is 0.305 e. The van der Waals surface area contributed by atoms with Crippen molar-refractivity contribution in [1.82, 2.24) is 5.32 Å². The molecule has 0 aromatic heterocycles. The van der Waals surface area contributed by atoms with Gasteiger partial charge in [-0.05, 0) is 6.42 Å². The summed E-state index contributed by atoms with van der Waals surface area (Å²) in [4.78, 5) is 10.9. The average Bonchev–Trinajstić information content (AvgIpc) is 2.72. The Bertz CT molecular complexity index is 315. The average molecular weight is 309 g/mol. The molecule has 19 heavy (non-hydrogen) atoms. The van der Waals surface area contributed by atoms with E-state index in [0.29, 0.717) is 23.7 Å². The number of thiocarbonyl (C=S) groups is 1. The lowest BCUT2D eigenvalue weighted by atomic mass is 10.1. The summed E-state index contributed by atoms with van der Waals surface area (Å²) in [6.07, 6.45) is -1.07. The SMILES string of the molecule is COC(=O)CCCSC(=S)NC[C@H]1OC[C@@H](O)[C@@H]1O. The molecule has 0 aromatic carbocycles. The summed E-state index contributed by atoms with van der Waals surface area (Å²) in [5, 5.41) is 21.8. The zero-order chi connectivity index (χ0) is 14.3. The Morgan fingerprint density at radius 3 is 2.89 bits per heavy atom. The first kappa shape index (κ1) is 16.6. The van der Waals surface area contributed by atoms with Crippen LogP contribution in [0.3, 0.4) is 0 Å². The molecule has 1 aliphatic heterocycles. The molecule has 8 heteroatoms. The normalized spacial score (nSPS) is 26.2. The number of aliphatic hydroxyl groups excluding tert-OH is 2. The van der Waals surface area contributed by atoms with Crippen molar-refractivity contribution in [3.8, 4) is 0 Å². The number of carbonyl (C=O) groups is 1. The van der Waals surface area contributed by atoms with Crippen LogP contribution in [0.5, 0.6) is 0 Å². The van der Waals surface area contributed by atoms with Gasteiger partial charge in [-0.15, -0.1) is 0 Å². The lowest BCUT2D eigenvalue weighted by Crippen LogP contribution is -2.38. The second-order valence-electron chi connectivity index (χ2n) is 4.13. The molecule has 1 rings (SSSR count). The van der Waals surface area contributed by atoms with E-state index in [2.05, 4.69) is 10.1 Å². The Balaban J connectivity index is 2.07. The summed E-state index contributed by atoms with van der Waals surface area (Å²) >= 11 is 6.53. The van der Waals surface area contributed by atoms with E-state index in [0.717, 1.165) is 5.75 Å². The fraction of sp³-hybridized carbons (Fsp3) is 0.818. The van der Waals surface area contributed by atoms with Crippen LogP contribution in [0, 0.1) is 0 Å². The van der Waals surface area contributed by atoms with Gasteiger partial charge in [-0.25, -0.2) is 0 Å². The Morgan fingerprint density at radius 2 is 2.32 bits per heavy atom. The van der Waals surface area contributed by atoms with Crippen LogP contribution in [-0.4, -0.2) is 64.8 Å². The Labute approximate surface area is 121 Å². The third-order valence-corrected chi connectivity index (χ3v) is 4.09. The van der Waals surface area contributed by atoms with Crippen LogP contribution in [0.25, 0.3) is 0 Å². The molecule has 1 fully saturated rings. The van der Waals surface area contributed by atoms with Gasteiger partial charge in [0.2, 0.25) is 0 Å². The van der Waals surface area contributed by atoms with Crippen LogP contribution >= 0.6 is 24.0 Å². The van der Waals surface area contributed by atoms with Crippen LogP contribution in [-0.2, 0) is 14.3 Å². The number of esters is 1. The van der Waals surface area contributed by atoms with Gasteiger partial charge < -0.3 is 25.0 Å². The Kier molecular flexibility index (Phi) is 7.62. The Morgan fingerprint density at radius 1 is 1.58 bits per heavy atom. The molecule has 110 valence electrons. The van der Waals surface area contributed by atoms with E-state index in [1.54, 1.807) is 0 Å². The first-order valence-electron chi connectivity index (χ1n) is 5.99. The number of thioether (sulfide) groups is 1. The van der Waals surface area contributed by atoms with E-state index in [1.165, 1.54) is 18.9 Å². The lowest BCUT2D eigenvalue weighted by Gasteiger charge is -2.16. The Hall–Kier alpha value is -0.410. The number of hydrogen-bond acceptors (Lipinski definition) is 7. The van der Waals surface area contributed by atoms with Crippen LogP contribution in [0.2, 0.25) is 0 Å². The second kappa shape index (κ2) is 8.70. The third kappa shape index (κ3) is 6.05. The molecule has 1 aliphatic rings. The first-order chi connectivity index (χ1) is 9.04. The molecule has 0 aliphatic carbocycles. The molecule has 0 radical (unpaired) electrons. The van der Waals surface area contributed by atoms with Gasteiger partial charge in [0.15, 0.2) is 0 Å². The predicted octanol–water partition coefficient (Wildman–Crippen LogP) is -0.332. The van der Waals surface area contributed by atoms with Crippen molar-refractivity contribution >= 4 is 34.3 Å². The van der Waals surface area contributed by atoms with E-state index in [4.69, 9.17) is 17.0 Å². The third-order valence-electron chi connectivity index (χ3n) is 2.69. The summed E-state index contributed by atoms with van der Waals surface area (Å²) in [6.45, 7) is 0.508. The van der Waals surface area contributed by atoms with Gasteiger partial charge in [0.25, 0.3) is 0 Å². The van der Waals surface area contributed by atoms with Crippen molar-refractivity contribution in [1.29, 1.82) is 0 Å². The monoisotopic (exact) mass is 309 g/mol. The minimum atomic E-state index is -0.875. The molecule has 6 nitrogen and oxygen atoms in total. The van der Waals surface area contributed by atoms with Crippen molar-refractivity contribution in [3.63, 3.8) is 0 Å². The van der Waals surface area contributed by atoms with E-state index in [9.17, 15) is 15.0 Å². The molecular formula is C11H19NO5S2. The standard InChI is InChI=1S/C11H19NO5S2/c1-16-9(14)3-2-4-19-11(18)12-5-8-10(15)7(13)6-17-8/h7-8,10,13,15H,2-6H2,1H3,(H,12,18)/t7-,8-,10+/m1/s1. The van der Waals surface area contributed by atoms with Crippen molar-refractivity contribution in [2.24, 2.45) is 0 Å². The molecule has 0 amide bonds. The second-order valence-corrected chi connectivity index (χ2v) is 5.90. The van der Waals surface area contributed by atoms with Gasteiger partial charge in [-0.2, -0.15) is 0 Å². The number of hydrogen-bond donors (Lipinski definition) is 3. The summed E-state index contributed by atoms with van der Waals surface area (Å²) < 4.78 is 10.3. The highest BCUT2D eigenvalue weighted by atomic mass is 32.2. The largest absolute Gasteiger partial charge is 0.469 e. The maximum absolute atomic E-state index is 10.9. The molecule has 0 spiro atoms. The van der Waals surface area contributed by atoms with Crippen LogP contribution in [0.4, 0.5) is 0 Å². The van der Waals surface area contributed by atoms with Gasteiger partial charge in [0.05, 0.1) is 13.7 Å².